The van der Waals surface area contributed by atoms with Crippen molar-refractivity contribution in [2.75, 3.05) is 26.2 Å². The topological polar surface area (TPSA) is 83.3 Å². The van der Waals surface area contributed by atoms with E-state index in [4.69, 9.17) is 0 Å². The van der Waals surface area contributed by atoms with Crippen LogP contribution in [0.3, 0.4) is 0 Å². The lowest BCUT2D eigenvalue weighted by atomic mass is 9.88. The molecule has 3 fully saturated rings. The number of hydrogen-bond acceptors (Lipinski definition) is 5. The number of nitrogens with zero attached hydrogens (tertiary/aromatic N) is 4. The van der Waals surface area contributed by atoms with E-state index in [1.165, 1.54) is 0 Å². The quantitative estimate of drug-likeness (QED) is 0.732. The first-order valence-electron chi connectivity index (χ1n) is 6.80. The summed E-state index contributed by atoms with van der Waals surface area (Å²) in [6.45, 7) is 2.63. The van der Waals surface area contributed by atoms with E-state index in [-0.39, 0.29) is 5.91 Å². The highest BCUT2D eigenvalue weighted by Crippen LogP contribution is 2.44. The fraction of sp³-hybridized carbons (Fsp3) is 0.750. The summed E-state index contributed by atoms with van der Waals surface area (Å²) in [5.41, 5.74) is -0.256. The lowest BCUT2D eigenvalue weighted by Gasteiger charge is -2.46. The molecule has 3 heterocycles. The minimum Gasteiger partial charge on any atom is -0.386 e. The number of likely N-dealkylation sites (tertiary alicyclic amines) is 1. The van der Waals surface area contributed by atoms with E-state index >= 15 is 0 Å². The molecule has 7 nitrogen and oxygen atoms in total. The van der Waals surface area contributed by atoms with Gasteiger partial charge in [0.15, 0.2) is 5.69 Å². The molecule has 2 saturated heterocycles. The summed E-state index contributed by atoms with van der Waals surface area (Å²) in [4.78, 5) is 13.8. The van der Waals surface area contributed by atoms with E-state index < -0.39 is 5.60 Å². The van der Waals surface area contributed by atoms with Crippen LogP contribution in [0.5, 0.6) is 0 Å². The van der Waals surface area contributed by atoms with Crippen LogP contribution in [0.1, 0.15) is 29.4 Å². The van der Waals surface area contributed by atoms with E-state index in [1.54, 1.807) is 15.8 Å². The van der Waals surface area contributed by atoms with Gasteiger partial charge in [-0.3, -0.25) is 4.79 Å². The number of carbonyl (C=O) groups excluding carboxylic acids is 1. The number of rotatable bonds is 3. The van der Waals surface area contributed by atoms with Gasteiger partial charge in [0.25, 0.3) is 5.91 Å². The summed E-state index contributed by atoms with van der Waals surface area (Å²) in [5.74, 6) is 0.275. The van der Waals surface area contributed by atoms with Gasteiger partial charge in [0, 0.05) is 13.1 Å². The number of carbonyl (C=O) groups is 1. The van der Waals surface area contributed by atoms with Crippen molar-refractivity contribution < 1.29 is 9.90 Å². The molecule has 0 bridgehead atoms. The molecular weight excluding hydrogens is 246 g/mol. The summed E-state index contributed by atoms with van der Waals surface area (Å²) < 4.78 is 1.75. The molecule has 1 saturated carbocycles. The molecule has 0 unspecified atom stereocenters. The molecule has 1 aliphatic carbocycles. The Balaban J connectivity index is 1.42. The molecule has 1 amide bonds. The van der Waals surface area contributed by atoms with Gasteiger partial charge in [-0.2, -0.15) is 0 Å². The maximum Gasteiger partial charge on any atom is 0.276 e. The fourth-order valence-electron chi connectivity index (χ4n) is 2.81. The minimum atomic E-state index is -0.635. The molecule has 0 atom stereocenters. The fourth-order valence-corrected chi connectivity index (χ4v) is 2.81. The second-order valence-electron chi connectivity index (χ2n) is 5.93. The smallest absolute Gasteiger partial charge is 0.276 e. The monoisotopic (exact) mass is 263 g/mol. The van der Waals surface area contributed by atoms with Crippen LogP contribution < -0.4 is 5.32 Å². The van der Waals surface area contributed by atoms with Crippen LogP contribution in [0.15, 0.2) is 6.20 Å². The Hall–Kier alpha value is -1.47. The Morgan fingerprint density at radius 3 is 2.74 bits per heavy atom. The van der Waals surface area contributed by atoms with Gasteiger partial charge in [0.2, 0.25) is 0 Å². The SMILES string of the molecule is O=C(c1cn(C2CNC2)nn1)N1CC(O)(C2CC2)C1. The largest absolute Gasteiger partial charge is 0.386 e. The molecular formula is C12H17N5O2. The van der Waals surface area contributed by atoms with Gasteiger partial charge in [0.05, 0.1) is 25.3 Å². The van der Waals surface area contributed by atoms with Gasteiger partial charge in [-0.1, -0.05) is 5.21 Å². The molecule has 102 valence electrons. The van der Waals surface area contributed by atoms with Gasteiger partial charge in [0.1, 0.15) is 5.60 Å². The maximum atomic E-state index is 12.2. The highest BCUT2D eigenvalue weighted by molar-refractivity contribution is 5.92. The lowest BCUT2D eigenvalue weighted by Crippen LogP contribution is -2.64. The molecule has 2 aliphatic heterocycles. The van der Waals surface area contributed by atoms with Crippen molar-refractivity contribution in [2.45, 2.75) is 24.5 Å². The summed E-state index contributed by atoms with van der Waals surface area (Å²) in [5, 5.41) is 21.3. The Kier molecular flexibility index (Phi) is 2.25. The molecule has 3 aliphatic rings. The first-order chi connectivity index (χ1) is 9.16. The molecule has 1 aromatic rings. The van der Waals surface area contributed by atoms with Crippen LogP contribution in [0.4, 0.5) is 0 Å². The Morgan fingerprint density at radius 1 is 1.42 bits per heavy atom. The predicted octanol–water partition coefficient (Wildman–Crippen LogP) is -0.981. The zero-order valence-corrected chi connectivity index (χ0v) is 10.6. The van der Waals surface area contributed by atoms with Crippen LogP contribution in [-0.4, -0.2) is 62.7 Å². The summed E-state index contributed by atoms with van der Waals surface area (Å²) in [6.07, 6.45) is 3.88. The zero-order valence-electron chi connectivity index (χ0n) is 10.6. The summed E-state index contributed by atoms with van der Waals surface area (Å²) >= 11 is 0. The molecule has 4 rings (SSSR count). The molecule has 2 N–H and O–H groups in total. The second kappa shape index (κ2) is 3.77. The molecule has 0 radical (unpaired) electrons. The van der Waals surface area contributed by atoms with Crippen molar-refractivity contribution in [3.05, 3.63) is 11.9 Å². The average molecular weight is 263 g/mol. The number of β-amino-alcohol motifs (C(OH)–C–C–N with tert-alkyl or cyclic N) is 1. The zero-order chi connectivity index (χ0) is 13.0. The third-order valence-electron chi connectivity index (χ3n) is 4.42. The van der Waals surface area contributed by atoms with Gasteiger partial charge in [-0.15, -0.1) is 5.10 Å². The van der Waals surface area contributed by atoms with E-state index in [0.717, 1.165) is 25.9 Å². The highest BCUT2D eigenvalue weighted by Gasteiger charge is 2.53. The summed E-state index contributed by atoms with van der Waals surface area (Å²) in [7, 11) is 0. The third-order valence-corrected chi connectivity index (χ3v) is 4.42. The van der Waals surface area contributed by atoms with Gasteiger partial charge in [-0.05, 0) is 18.8 Å². The highest BCUT2D eigenvalue weighted by atomic mass is 16.3. The van der Waals surface area contributed by atoms with Crippen molar-refractivity contribution >= 4 is 5.91 Å². The van der Waals surface area contributed by atoms with Crippen LogP contribution >= 0.6 is 0 Å². The minimum absolute atomic E-state index is 0.121. The maximum absolute atomic E-state index is 12.2. The number of aliphatic hydroxyl groups is 1. The van der Waals surface area contributed by atoms with Crippen molar-refractivity contribution in [3.8, 4) is 0 Å². The molecule has 7 heteroatoms. The van der Waals surface area contributed by atoms with Crippen molar-refractivity contribution in [1.29, 1.82) is 0 Å². The predicted molar refractivity (Wildman–Crippen MR) is 65.5 cm³/mol. The van der Waals surface area contributed by atoms with Crippen LogP contribution in [-0.2, 0) is 0 Å². The van der Waals surface area contributed by atoms with E-state index in [1.807, 2.05) is 0 Å². The van der Waals surface area contributed by atoms with Crippen molar-refractivity contribution in [2.24, 2.45) is 5.92 Å². The molecule has 0 aromatic carbocycles. The summed E-state index contributed by atoms with van der Waals surface area (Å²) in [6, 6.07) is 0.314. The normalized spacial score (nSPS) is 25.8. The third kappa shape index (κ3) is 1.76. The van der Waals surface area contributed by atoms with Crippen LogP contribution in [0.25, 0.3) is 0 Å². The van der Waals surface area contributed by atoms with Gasteiger partial charge >= 0.3 is 0 Å². The first kappa shape index (κ1) is 11.4. The van der Waals surface area contributed by atoms with E-state index in [9.17, 15) is 9.90 Å². The number of nitrogens with one attached hydrogen (secondary N) is 1. The number of aromatic nitrogens is 3. The van der Waals surface area contributed by atoms with Crippen molar-refractivity contribution in [3.63, 3.8) is 0 Å². The Bertz CT molecular complexity index is 514. The van der Waals surface area contributed by atoms with Gasteiger partial charge < -0.3 is 15.3 Å². The van der Waals surface area contributed by atoms with Crippen molar-refractivity contribution in [1.82, 2.24) is 25.2 Å². The first-order valence-corrected chi connectivity index (χ1v) is 6.80. The number of amides is 1. The van der Waals surface area contributed by atoms with Gasteiger partial charge in [-0.25, -0.2) is 4.68 Å². The standard InChI is InChI=1S/C12H17N5O2/c18-11(16-6-12(19,7-16)8-1-2-8)10-5-17(15-14-10)9-3-13-4-9/h5,8-9,13,19H,1-4,6-7H2. The Morgan fingerprint density at radius 2 is 2.16 bits per heavy atom. The molecule has 0 spiro atoms. The Labute approximate surface area is 110 Å². The lowest BCUT2D eigenvalue weighted by molar-refractivity contribution is -0.0959. The molecule has 19 heavy (non-hydrogen) atoms. The average Bonchev–Trinajstić information content (AvgIpc) is 3.03. The molecule has 1 aromatic heterocycles. The van der Waals surface area contributed by atoms with Crippen LogP contribution in [0.2, 0.25) is 0 Å². The second-order valence-corrected chi connectivity index (χ2v) is 5.93. The van der Waals surface area contributed by atoms with E-state index in [2.05, 4.69) is 15.6 Å². The number of hydrogen-bond donors (Lipinski definition) is 2. The van der Waals surface area contributed by atoms with Crippen LogP contribution in [0, 0.1) is 5.92 Å². The van der Waals surface area contributed by atoms with E-state index in [0.29, 0.717) is 30.7 Å².